The van der Waals surface area contributed by atoms with E-state index >= 15 is 0 Å². The van der Waals surface area contributed by atoms with Gasteiger partial charge in [-0.25, -0.2) is 18.0 Å². The SMILES string of the molecule is CCN(CC)C(=O)N1CCc2cc(S(=O)(=O)c3cc(Cl)cc4c3NC(=O)C4(NCCC3CCN(C(=O)OC(C)(C)C)CC3)c3ccccc3Cl)ccc21. The third-order valence-electron chi connectivity index (χ3n) is 10.3. The van der Waals surface area contributed by atoms with Crippen LogP contribution in [0.5, 0.6) is 0 Å². The van der Waals surface area contributed by atoms with Gasteiger partial charge in [0, 0.05) is 59.6 Å². The van der Waals surface area contributed by atoms with Gasteiger partial charge in [-0.05, 0) is 115 Å². The first-order valence-corrected chi connectivity index (χ1v) is 20.4. The molecule has 3 aromatic carbocycles. The number of piperidine rings is 1. The average molecular weight is 785 g/mol. The predicted octanol–water partition coefficient (Wildman–Crippen LogP) is 7.47. The average Bonchev–Trinajstić information content (AvgIpc) is 3.66. The normalized spacial score (nSPS) is 18.8. The predicted molar refractivity (Wildman–Crippen MR) is 207 cm³/mol. The molecule has 3 heterocycles. The third-order valence-corrected chi connectivity index (χ3v) is 12.7. The molecule has 4 amide bonds. The zero-order valence-electron chi connectivity index (χ0n) is 30.8. The maximum atomic E-state index is 14.5. The molecule has 1 fully saturated rings. The number of ether oxygens (including phenoxy) is 1. The summed E-state index contributed by atoms with van der Waals surface area (Å²) < 4.78 is 34.5. The van der Waals surface area contributed by atoms with E-state index in [-0.39, 0.29) is 38.5 Å². The van der Waals surface area contributed by atoms with Crippen LogP contribution >= 0.6 is 23.2 Å². The minimum Gasteiger partial charge on any atom is -0.444 e. The van der Waals surface area contributed by atoms with Crippen molar-refractivity contribution in [3.63, 3.8) is 0 Å². The minimum atomic E-state index is -4.22. The molecular formula is C39H47Cl2N5O6S. The number of fused-ring (bicyclic) bond motifs is 2. The number of amides is 4. The molecule has 1 saturated heterocycles. The Morgan fingerprint density at radius 3 is 2.36 bits per heavy atom. The van der Waals surface area contributed by atoms with Crippen molar-refractivity contribution in [2.45, 2.75) is 81.2 Å². The summed E-state index contributed by atoms with van der Waals surface area (Å²) in [7, 11) is -4.22. The quantitative estimate of drug-likeness (QED) is 0.231. The summed E-state index contributed by atoms with van der Waals surface area (Å²) in [6.07, 6.45) is 2.44. The second-order valence-corrected chi connectivity index (χ2v) is 17.5. The van der Waals surface area contributed by atoms with E-state index in [1.807, 2.05) is 34.6 Å². The summed E-state index contributed by atoms with van der Waals surface area (Å²) in [4.78, 5) is 45.1. The number of hydrogen-bond acceptors (Lipinski definition) is 7. The van der Waals surface area contributed by atoms with Crippen LogP contribution in [0.15, 0.2) is 64.4 Å². The molecule has 6 rings (SSSR count). The minimum absolute atomic E-state index is 0.0352. The van der Waals surface area contributed by atoms with Crippen LogP contribution in [0.2, 0.25) is 10.0 Å². The molecule has 0 bridgehead atoms. The number of benzene rings is 3. The number of likely N-dealkylation sites (tertiary alicyclic amines) is 1. The van der Waals surface area contributed by atoms with Crippen molar-refractivity contribution in [3.05, 3.63) is 81.3 Å². The molecular weight excluding hydrogens is 737 g/mol. The molecule has 0 saturated carbocycles. The van der Waals surface area contributed by atoms with E-state index in [4.69, 9.17) is 27.9 Å². The van der Waals surface area contributed by atoms with Crippen LogP contribution < -0.4 is 15.5 Å². The van der Waals surface area contributed by atoms with Crippen molar-refractivity contribution in [1.29, 1.82) is 0 Å². The van der Waals surface area contributed by atoms with Crippen molar-refractivity contribution < 1.29 is 27.5 Å². The highest BCUT2D eigenvalue weighted by atomic mass is 35.5. The molecule has 3 aliphatic heterocycles. The van der Waals surface area contributed by atoms with E-state index in [1.165, 1.54) is 12.1 Å². The Labute approximate surface area is 321 Å². The monoisotopic (exact) mass is 783 g/mol. The molecule has 0 aliphatic carbocycles. The van der Waals surface area contributed by atoms with E-state index < -0.39 is 26.9 Å². The Kier molecular flexibility index (Phi) is 11.1. The zero-order chi connectivity index (χ0) is 38.3. The molecule has 284 valence electrons. The Morgan fingerprint density at radius 2 is 1.70 bits per heavy atom. The van der Waals surface area contributed by atoms with Gasteiger partial charge in [0.15, 0.2) is 5.54 Å². The van der Waals surface area contributed by atoms with Crippen molar-refractivity contribution in [1.82, 2.24) is 15.1 Å². The molecule has 2 N–H and O–H groups in total. The van der Waals surface area contributed by atoms with E-state index in [1.54, 1.807) is 57.2 Å². The van der Waals surface area contributed by atoms with E-state index in [0.29, 0.717) is 73.9 Å². The van der Waals surface area contributed by atoms with Crippen LogP contribution in [0, 0.1) is 5.92 Å². The van der Waals surface area contributed by atoms with E-state index in [0.717, 1.165) is 18.4 Å². The molecule has 1 unspecified atom stereocenters. The smallest absolute Gasteiger partial charge is 0.410 e. The highest BCUT2D eigenvalue weighted by Gasteiger charge is 2.51. The van der Waals surface area contributed by atoms with Gasteiger partial charge < -0.3 is 19.9 Å². The largest absolute Gasteiger partial charge is 0.444 e. The van der Waals surface area contributed by atoms with Gasteiger partial charge in [-0.2, -0.15) is 0 Å². The van der Waals surface area contributed by atoms with Gasteiger partial charge >= 0.3 is 12.1 Å². The topological polar surface area (TPSA) is 128 Å². The molecule has 1 atom stereocenters. The molecule has 0 aromatic heterocycles. The van der Waals surface area contributed by atoms with Crippen LogP contribution in [0.1, 0.15) is 70.6 Å². The lowest BCUT2D eigenvalue weighted by atomic mass is 9.83. The van der Waals surface area contributed by atoms with Crippen LogP contribution in [0.25, 0.3) is 0 Å². The summed E-state index contributed by atoms with van der Waals surface area (Å²) in [5.41, 5.74) is 0.291. The molecule has 11 nitrogen and oxygen atoms in total. The van der Waals surface area contributed by atoms with Gasteiger partial charge in [0.05, 0.1) is 15.5 Å². The van der Waals surface area contributed by atoms with Crippen molar-refractivity contribution >= 4 is 62.4 Å². The highest BCUT2D eigenvalue weighted by molar-refractivity contribution is 7.91. The van der Waals surface area contributed by atoms with Gasteiger partial charge in [-0.1, -0.05) is 41.4 Å². The molecule has 53 heavy (non-hydrogen) atoms. The summed E-state index contributed by atoms with van der Waals surface area (Å²) in [6, 6.07) is 14.6. The van der Waals surface area contributed by atoms with Gasteiger partial charge in [0.25, 0.3) is 5.91 Å². The van der Waals surface area contributed by atoms with E-state index in [9.17, 15) is 22.8 Å². The van der Waals surface area contributed by atoms with Crippen LogP contribution in [-0.2, 0) is 31.3 Å². The lowest BCUT2D eigenvalue weighted by molar-refractivity contribution is -0.120. The van der Waals surface area contributed by atoms with Crippen LogP contribution in [0.4, 0.5) is 21.0 Å². The number of carbonyl (C=O) groups excluding carboxylic acids is 3. The maximum absolute atomic E-state index is 14.5. The number of sulfone groups is 1. The fraction of sp³-hybridized carbons (Fsp3) is 0.462. The second kappa shape index (κ2) is 15.1. The lowest BCUT2D eigenvalue weighted by Gasteiger charge is -2.35. The molecule has 14 heteroatoms. The summed E-state index contributed by atoms with van der Waals surface area (Å²) in [6.45, 7) is 12.5. The zero-order valence-corrected chi connectivity index (χ0v) is 33.1. The second-order valence-electron chi connectivity index (χ2n) is 14.8. The highest BCUT2D eigenvalue weighted by Crippen LogP contribution is 2.48. The first-order valence-electron chi connectivity index (χ1n) is 18.2. The fourth-order valence-electron chi connectivity index (χ4n) is 7.58. The van der Waals surface area contributed by atoms with Gasteiger partial charge in [0.2, 0.25) is 9.84 Å². The lowest BCUT2D eigenvalue weighted by Crippen LogP contribution is -2.50. The Bertz CT molecular complexity index is 2020. The standard InChI is InChI=1S/C39H47Cl2N5O6S/c1-6-44(7-2)36(48)46-21-17-26-22-28(12-13-32(26)46)53(50,51)33-24-27(40)23-30-34(33)43-35(47)39(30,29-10-8-9-11-31(29)41)42-18-14-25-15-19-45(20-16-25)37(49)52-38(3,4)5/h8-13,22-25,42H,6-7,14-21H2,1-5H3,(H,43,47). The van der Waals surface area contributed by atoms with Crippen molar-refractivity contribution in [2.24, 2.45) is 5.92 Å². The van der Waals surface area contributed by atoms with Gasteiger partial charge in [-0.15, -0.1) is 0 Å². The number of urea groups is 1. The number of carbonyl (C=O) groups is 3. The number of nitrogens with one attached hydrogen (secondary N) is 2. The number of anilines is 2. The fourth-order valence-corrected chi connectivity index (χ4v) is 9.65. The molecule has 3 aliphatic rings. The van der Waals surface area contributed by atoms with Crippen molar-refractivity contribution in [2.75, 3.05) is 49.5 Å². The van der Waals surface area contributed by atoms with Gasteiger partial charge in [-0.3, -0.25) is 15.0 Å². The van der Waals surface area contributed by atoms with Crippen molar-refractivity contribution in [3.8, 4) is 0 Å². The Balaban J connectivity index is 1.30. The van der Waals surface area contributed by atoms with Gasteiger partial charge in [0.1, 0.15) is 5.60 Å². The maximum Gasteiger partial charge on any atom is 0.410 e. The van der Waals surface area contributed by atoms with Crippen LogP contribution in [-0.4, -0.2) is 81.1 Å². The Morgan fingerprint density at radius 1 is 1.00 bits per heavy atom. The summed E-state index contributed by atoms with van der Waals surface area (Å²) >= 11 is 13.5. The molecule has 3 aromatic rings. The van der Waals surface area contributed by atoms with Crippen LogP contribution in [0.3, 0.4) is 0 Å². The number of nitrogens with zero attached hydrogens (tertiary/aromatic N) is 3. The first-order chi connectivity index (χ1) is 25.1. The molecule has 0 spiro atoms. The number of hydrogen-bond donors (Lipinski definition) is 2. The molecule has 0 radical (unpaired) electrons. The number of halogens is 2. The Hall–Kier alpha value is -3.84. The third kappa shape index (κ3) is 7.48. The van der Waals surface area contributed by atoms with E-state index in [2.05, 4.69) is 10.6 Å². The number of rotatable bonds is 9. The first kappa shape index (κ1) is 38.9. The summed E-state index contributed by atoms with van der Waals surface area (Å²) in [5, 5.41) is 6.86. The summed E-state index contributed by atoms with van der Waals surface area (Å²) in [5.74, 6) is -0.194.